The summed E-state index contributed by atoms with van der Waals surface area (Å²) in [6, 6.07) is 5.31. The molecule has 0 saturated carbocycles. The van der Waals surface area contributed by atoms with E-state index in [9.17, 15) is 4.39 Å². The lowest BCUT2D eigenvalue weighted by Gasteiger charge is -2.20. The van der Waals surface area contributed by atoms with Gasteiger partial charge in [-0.05, 0) is 44.3 Å². The maximum absolute atomic E-state index is 13.9. The number of nitrogen functional groups attached to an aromatic ring is 1. The fraction of sp³-hybridized carbons (Fsp3) is 0.625. The van der Waals surface area contributed by atoms with Crippen LogP contribution in [0.1, 0.15) is 44.6 Å². The molecule has 1 fully saturated rings. The van der Waals surface area contributed by atoms with Crippen molar-refractivity contribution in [2.75, 3.05) is 18.8 Å². The third-order valence-corrected chi connectivity index (χ3v) is 4.14. The highest BCUT2D eigenvalue weighted by Crippen LogP contribution is 2.24. The van der Waals surface area contributed by atoms with Crippen LogP contribution in [-0.2, 0) is 6.54 Å². The highest BCUT2D eigenvalue weighted by molar-refractivity contribution is 5.42. The lowest BCUT2D eigenvalue weighted by Crippen LogP contribution is -2.25. The molecule has 0 aliphatic carbocycles. The van der Waals surface area contributed by atoms with Gasteiger partial charge in [-0.25, -0.2) is 4.39 Å². The van der Waals surface area contributed by atoms with Crippen LogP contribution in [-0.4, -0.2) is 18.0 Å². The first-order valence-corrected chi connectivity index (χ1v) is 7.46. The van der Waals surface area contributed by atoms with Gasteiger partial charge in [-0.15, -0.1) is 0 Å². The maximum atomic E-state index is 13.9. The number of hydrogen-bond acceptors (Lipinski definition) is 2. The first-order valence-electron chi connectivity index (χ1n) is 7.46. The van der Waals surface area contributed by atoms with Gasteiger partial charge in [0, 0.05) is 12.1 Å². The first kappa shape index (κ1) is 14.3. The van der Waals surface area contributed by atoms with Gasteiger partial charge in [0.1, 0.15) is 0 Å². The molecule has 1 aliphatic heterocycles. The lowest BCUT2D eigenvalue weighted by atomic mass is 9.96. The van der Waals surface area contributed by atoms with E-state index in [0.717, 1.165) is 24.6 Å². The van der Waals surface area contributed by atoms with Crippen LogP contribution in [0.3, 0.4) is 0 Å². The summed E-state index contributed by atoms with van der Waals surface area (Å²) in [5.41, 5.74) is 6.62. The summed E-state index contributed by atoms with van der Waals surface area (Å²) in [5.74, 6) is 0.623. The molecule has 1 unspecified atom stereocenters. The molecule has 2 nitrogen and oxygen atoms in total. The van der Waals surface area contributed by atoms with Crippen LogP contribution in [0.4, 0.5) is 10.1 Å². The monoisotopic (exact) mass is 264 g/mol. The van der Waals surface area contributed by atoms with E-state index in [-0.39, 0.29) is 11.5 Å². The van der Waals surface area contributed by atoms with Gasteiger partial charge in [0.2, 0.25) is 0 Å². The van der Waals surface area contributed by atoms with Crippen LogP contribution in [0, 0.1) is 11.7 Å². The summed E-state index contributed by atoms with van der Waals surface area (Å²) >= 11 is 0. The standard InChI is InChI=1S/C16H25FN2/c1-2-5-13-6-4-10-19(11-9-13)12-14-7-3-8-15(18)16(14)17/h3,7-8,13H,2,4-6,9-12,18H2,1H3. The molecule has 0 amide bonds. The molecule has 1 heterocycles. The summed E-state index contributed by atoms with van der Waals surface area (Å²) in [6.07, 6.45) is 6.41. The van der Waals surface area contributed by atoms with Crippen molar-refractivity contribution in [1.82, 2.24) is 4.90 Å². The van der Waals surface area contributed by atoms with E-state index >= 15 is 0 Å². The third-order valence-electron chi connectivity index (χ3n) is 4.14. The van der Waals surface area contributed by atoms with Gasteiger partial charge >= 0.3 is 0 Å². The van der Waals surface area contributed by atoms with Gasteiger partial charge in [0.25, 0.3) is 0 Å². The Morgan fingerprint density at radius 2 is 2.16 bits per heavy atom. The summed E-state index contributed by atoms with van der Waals surface area (Å²) in [5, 5.41) is 0. The van der Waals surface area contributed by atoms with Gasteiger partial charge in [0.05, 0.1) is 5.69 Å². The maximum Gasteiger partial charge on any atom is 0.150 e. The molecular formula is C16H25FN2. The molecule has 1 aromatic carbocycles. The zero-order chi connectivity index (χ0) is 13.7. The van der Waals surface area contributed by atoms with Gasteiger partial charge in [-0.2, -0.15) is 0 Å². The van der Waals surface area contributed by atoms with Gasteiger partial charge in [-0.3, -0.25) is 4.90 Å². The topological polar surface area (TPSA) is 29.3 Å². The van der Waals surface area contributed by atoms with E-state index < -0.39 is 0 Å². The molecule has 106 valence electrons. The highest BCUT2D eigenvalue weighted by Gasteiger charge is 2.17. The third kappa shape index (κ3) is 3.93. The van der Waals surface area contributed by atoms with Crippen LogP contribution >= 0.6 is 0 Å². The predicted octanol–water partition coefficient (Wildman–Crippen LogP) is 3.81. The Hall–Kier alpha value is -1.09. The number of nitrogens with zero attached hydrogens (tertiary/aromatic N) is 1. The average Bonchev–Trinajstić information content (AvgIpc) is 2.61. The second-order valence-electron chi connectivity index (χ2n) is 5.68. The fourth-order valence-electron chi connectivity index (χ4n) is 3.04. The SMILES string of the molecule is CCCC1CCCN(Cc2cccc(N)c2F)CC1. The van der Waals surface area contributed by atoms with Crippen LogP contribution in [0.25, 0.3) is 0 Å². The Kier molecular flexibility index (Phi) is 5.20. The average molecular weight is 264 g/mol. The lowest BCUT2D eigenvalue weighted by molar-refractivity contribution is 0.267. The van der Waals surface area contributed by atoms with Crippen LogP contribution in [0.2, 0.25) is 0 Å². The highest BCUT2D eigenvalue weighted by atomic mass is 19.1. The molecule has 0 aromatic heterocycles. The number of halogens is 1. The molecule has 1 aliphatic rings. The van der Waals surface area contributed by atoms with Crippen LogP contribution in [0.5, 0.6) is 0 Å². The molecule has 0 spiro atoms. The Labute approximate surface area is 115 Å². The Balaban J connectivity index is 1.94. The molecule has 1 aromatic rings. The van der Waals surface area contributed by atoms with Gasteiger partial charge in [-0.1, -0.05) is 31.9 Å². The normalized spacial score (nSPS) is 21.3. The predicted molar refractivity (Wildman–Crippen MR) is 78.3 cm³/mol. The number of hydrogen-bond donors (Lipinski definition) is 1. The number of anilines is 1. The number of rotatable bonds is 4. The van der Waals surface area contributed by atoms with Crippen molar-refractivity contribution >= 4 is 5.69 Å². The zero-order valence-electron chi connectivity index (χ0n) is 11.9. The molecule has 0 bridgehead atoms. The number of benzene rings is 1. The largest absolute Gasteiger partial charge is 0.396 e. The quantitative estimate of drug-likeness (QED) is 0.838. The summed E-state index contributed by atoms with van der Waals surface area (Å²) in [6.45, 7) is 5.11. The zero-order valence-corrected chi connectivity index (χ0v) is 11.9. The van der Waals surface area contributed by atoms with E-state index in [1.54, 1.807) is 6.07 Å². The summed E-state index contributed by atoms with van der Waals surface area (Å²) in [7, 11) is 0. The van der Waals surface area contributed by atoms with Crippen molar-refractivity contribution < 1.29 is 4.39 Å². The van der Waals surface area contributed by atoms with Crippen molar-refractivity contribution in [2.24, 2.45) is 5.92 Å². The van der Waals surface area contributed by atoms with Gasteiger partial charge < -0.3 is 5.73 Å². The second kappa shape index (κ2) is 6.90. The molecular weight excluding hydrogens is 239 g/mol. The van der Waals surface area contributed by atoms with E-state index in [2.05, 4.69) is 11.8 Å². The minimum absolute atomic E-state index is 0.239. The van der Waals surface area contributed by atoms with Crippen molar-refractivity contribution in [3.05, 3.63) is 29.6 Å². The van der Waals surface area contributed by atoms with E-state index in [1.165, 1.54) is 32.1 Å². The van der Waals surface area contributed by atoms with Gasteiger partial charge in [0.15, 0.2) is 5.82 Å². The molecule has 3 heteroatoms. The molecule has 2 N–H and O–H groups in total. The molecule has 2 rings (SSSR count). The molecule has 1 saturated heterocycles. The van der Waals surface area contributed by atoms with Crippen LogP contribution < -0.4 is 5.73 Å². The number of nitrogens with two attached hydrogens (primary N) is 1. The molecule has 1 atom stereocenters. The minimum atomic E-state index is -0.239. The van der Waals surface area contributed by atoms with Crippen molar-refractivity contribution in [3.8, 4) is 0 Å². The minimum Gasteiger partial charge on any atom is -0.396 e. The van der Waals surface area contributed by atoms with Crippen LogP contribution in [0.15, 0.2) is 18.2 Å². The number of likely N-dealkylation sites (tertiary alicyclic amines) is 1. The fourth-order valence-corrected chi connectivity index (χ4v) is 3.04. The van der Waals surface area contributed by atoms with Crippen molar-refractivity contribution in [2.45, 2.75) is 45.6 Å². The smallest absolute Gasteiger partial charge is 0.150 e. The second-order valence-corrected chi connectivity index (χ2v) is 5.68. The van der Waals surface area contributed by atoms with E-state index in [0.29, 0.717) is 6.54 Å². The summed E-state index contributed by atoms with van der Waals surface area (Å²) in [4.78, 5) is 2.37. The Morgan fingerprint density at radius 1 is 1.32 bits per heavy atom. The molecule has 0 radical (unpaired) electrons. The summed E-state index contributed by atoms with van der Waals surface area (Å²) < 4.78 is 13.9. The Morgan fingerprint density at radius 3 is 2.95 bits per heavy atom. The Bertz CT molecular complexity index is 406. The van der Waals surface area contributed by atoms with Crippen molar-refractivity contribution in [3.63, 3.8) is 0 Å². The molecule has 19 heavy (non-hydrogen) atoms. The van der Waals surface area contributed by atoms with E-state index in [1.807, 2.05) is 12.1 Å². The first-order chi connectivity index (χ1) is 9.20. The van der Waals surface area contributed by atoms with E-state index in [4.69, 9.17) is 5.73 Å². The van der Waals surface area contributed by atoms with Crippen molar-refractivity contribution in [1.29, 1.82) is 0 Å².